The van der Waals surface area contributed by atoms with E-state index in [9.17, 15) is 24.1 Å². The van der Waals surface area contributed by atoms with Gasteiger partial charge in [0.2, 0.25) is 17.6 Å². The van der Waals surface area contributed by atoms with Gasteiger partial charge in [-0.05, 0) is 30.4 Å². The number of carbonyl (C=O) groups is 2. The summed E-state index contributed by atoms with van der Waals surface area (Å²) in [6.07, 6.45) is 4.74. The first kappa shape index (κ1) is 13.1. The molecule has 2 fully saturated rings. The summed E-state index contributed by atoms with van der Waals surface area (Å²) in [5, 5.41) is 10.8. The third-order valence-corrected chi connectivity index (χ3v) is 4.85. The molecular formula is C15H11FN2O4. The van der Waals surface area contributed by atoms with E-state index in [1.54, 1.807) is 0 Å². The van der Waals surface area contributed by atoms with Crippen LogP contribution in [0, 0.1) is 39.6 Å². The van der Waals surface area contributed by atoms with Gasteiger partial charge in [0.25, 0.3) is 0 Å². The van der Waals surface area contributed by atoms with Gasteiger partial charge in [-0.15, -0.1) is 0 Å². The van der Waals surface area contributed by atoms with E-state index in [4.69, 9.17) is 0 Å². The molecule has 3 aliphatic rings. The van der Waals surface area contributed by atoms with Crippen molar-refractivity contribution in [2.45, 2.75) is 6.42 Å². The second-order valence-corrected chi connectivity index (χ2v) is 5.90. The molecule has 0 aromatic heterocycles. The van der Waals surface area contributed by atoms with Gasteiger partial charge >= 0.3 is 5.69 Å². The summed E-state index contributed by atoms with van der Waals surface area (Å²) in [5.41, 5.74) is -0.673. The fourth-order valence-corrected chi connectivity index (χ4v) is 3.94. The Morgan fingerprint density at radius 3 is 2.27 bits per heavy atom. The molecule has 22 heavy (non-hydrogen) atoms. The molecule has 0 unspecified atom stereocenters. The molecule has 1 aromatic rings. The number of nitro benzene ring substituents is 1. The minimum absolute atomic E-state index is 0.0619. The maximum absolute atomic E-state index is 13.4. The number of fused-ring (bicyclic) bond motifs is 5. The summed E-state index contributed by atoms with van der Waals surface area (Å²) in [4.78, 5) is 36.1. The van der Waals surface area contributed by atoms with Gasteiger partial charge < -0.3 is 0 Å². The van der Waals surface area contributed by atoms with Crippen LogP contribution in [0.3, 0.4) is 0 Å². The molecule has 112 valence electrons. The van der Waals surface area contributed by atoms with Crippen LogP contribution in [-0.4, -0.2) is 16.7 Å². The second kappa shape index (κ2) is 4.22. The molecule has 2 bridgehead atoms. The smallest absolute Gasteiger partial charge is 0.274 e. The Morgan fingerprint density at radius 2 is 1.73 bits per heavy atom. The van der Waals surface area contributed by atoms with Crippen molar-refractivity contribution in [3.8, 4) is 0 Å². The van der Waals surface area contributed by atoms with Gasteiger partial charge in [0.15, 0.2) is 0 Å². The molecule has 1 heterocycles. The second-order valence-electron chi connectivity index (χ2n) is 5.90. The van der Waals surface area contributed by atoms with Crippen molar-refractivity contribution >= 4 is 23.2 Å². The number of amides is 2. The molecule has 6 nitrogen and oxygen atoms in total. The van der Waals surface area contributed by atoms with Crippen molar-refractivity contribution in [3.05, 3.63) is 46.3 Å². The number of nitro groups is 1. The average Bonchev–Trinajstić information content (AvgIpc) is 3.14. The normalized spacial score (nSPS) is 32.0. The highest BCUT2D eigenvalue weighted by Crippen LogP contribution is 2.53. The van der Waals surface area contributed by atoms with E-state index < -0.39 is 16.4 Å². The molecule has 0 N–H and O–H groups in total. The van der Waals surface area contributed by atoms with Gasteiger partial charge in [-0.1, -0.05) is 12.2 Å². The molecule has 1 saturated carbocycles. The monoisotopic (exact) mass is 302 g/mol. The number of carbonyl (C=O) groups excluding carboxylic acids is 2. The Labute approximate surface area is 124 Å². The zero-order valence-corrected chi connectivity index (χ0v) is 11.3. The van der Waals surface area contributed by atoms with Crippen LogP contribution < -0.4 is 4.90 Å². The van der Waals surface area contributed by atoms with Crippen LogP contribution >= 0.6 is 0 Å². The lowest BCUT2D eigenvalue weighted by molar-refractivity contribution is -0.387. The van der Waals surface area contributed by atoms with Gasteiger partial charge in [0.05, 0.1) is 22.4 Å². The summed E-state index contributed by atoms with van der Waals surface area (Å²) in [5.74, 6) is -2.31. The molecular weight excluding hydrogens is 291 g/mol. The number of halogens is 1. The van der Waals surface area contributed by atoms with Crippen molar-refractivity contribution in [3.63, 3.8) is 0 Å². The lowest BCUT2D eigenvalue weighted by Crippen LogP contribution is -2.32. The predicted octanol–water partition coefficient (Wildman–Crippen LogP) is 2.05. The molecule has 4 atom stereocenters. The van der Waals surface area contributed by atoms with Crippen LogP contribution in [0.15, 0.2) is 30.4 Å². The van der Waals surface area contributed by atoms with Crippen molar-refractivity contribution in [1.29, 1.82) is 0 Å². The predicted molar refractivity (Wildman–Crippen MR) is 73.3 cm³/mol. The lowest BCUT2D eigenvalue weighted by Gasteiger charge is -2.17. The number of hydrogen-bond acceptors (Lipinski definition) is 4. The molecule has 1 aromatic carbocycles. The maximum atomic E-state index is 13.4. The minimum Gasteiger partial charge on any atom is -0.274 e. The zero-order chi connectivity index (χ0) is 15.6. The summed E-state index contributed by atoms with van der Waals surface area (Å²) in [6.45, 7) is 0. The SMILES string of the molecule is O=C1[C@@H]2[C@H](C(=O)N1c1ccc(F)c([N+](=O)[O-])c1)[C@H]1C=C[C@@H]2C1. The van der Waals surface area contributed by atoms with Gasteiger partial charge in [-0.2, -0.15) is 4.39 Å². The molecule has 7 heteroatoms. The fourth-order valence-electron chi connectivity index (χ4n) is 3.94. The number of allylic oxidation sites excluding steroid dienone is 2. The molecule has 0 radical (unpaired) electrons. The number of benzene rings is 1. The van der Waals surface area contributed by atoms with Gasteiger partial charge in [-0.3, -0.25) is 19.7 Å². The third-order valence-electron chi connectivity index (χ3n) is 4.85. The Morgan fingerprint density at radius 1 is 1.14 bits per heavy atom. The van der Waals surface area contributed by atoms with Gasteiger partial charge in [-0.25, -0.2) is 4.90 Å². The molecule has 4 rings (SSSR count). The Hall–Kier alpha value is -2.57. The molecule has 1 aliphatic heterocycles. The molecule has 0 spiro atoms. The zero-order valence-electron chi connectivity index (χ0n) is 11.3. The first-order valence-electron chi connectivity index (χ1n) is 6.99. The lowest BCUT2D eigenvalue weighted by atomic mass is 9.85. The van der Waals surface area contributed by atoms with Gasteiger partial charge in [0, 0.05) is 6.07 Å². The van der Waals surface area contributed by atoms with E-state index in [-0.39, 0.29) is 41.2 Å². The topological polar surface area (TPSA) is 80.5 Å². The Balaban J connectivity index is 1.76. The van der Waals surface area contributed by atoms with E-state index in [0.29, 0.717) is 0 Å². The Bertz CT molecular complexity index is 730. The first-order valence-corrected chi connectivity index (χ1v) is 6.99. The summed E-state index contributed by atoms with van der Waals surface area (Å²) < 4.78 is 13.4. The molecule has 1 saturated heterocycles. The number of hydrogen-bond donors (Lipinski definition) is 0. The quantitative estimate of drug-likeness (QED) is 0.362. The van der Waals surface area contributed by atoms with E-state index in [1.807, 2.05) is 12.2 Å². The van der Waals surface area contributed by atoms with Crippen LogP contribution in [0.1, 0.15) is 6.42 Å². The minimum atomic E-state index is -0.991. The highest BCUT2D eigenvalue weighted by Gasteiger charge is 2.59. The number of rotatable bonds is 2. The van der Waals surface area contributed by atoms with Crippen molar-refractivity contribution < 1.29 is 18.9 Å². The van der Waals surface area contributed by atoms with E-state index in [0.717, 1.165) is 23.5 Å². The van der Waals surface area contributed by atoms with E-state index in [2.05, 4.69) is 0 Å². The maximum Gasteiger partial charge on any atom is 0.306 e. The highest BCUT2D eigenvalue weighted by molar-refractivity contribution is 6.22. The standard InChI is InChI=1S/C15H11FN2O4/c16-10-4-3-9(6-11(10)18(21)22)17-14(19)12-7-1-2-8(5-7)13(12)15(17)20/h1-4,6-8,12-13H,5H2/t7-,8+,12+,13-. The van der Waals surface area contributed by atoms with E-state index >= 15 is 0 Å². The van der Waals surface area contributed by atoms with Gasteiger partial charge in [0.1, 0.15) is 0 Å². The molecule has 2 amide bonds. The summed E-state index contributed by atoms with van der Waals surface area (Å²) in [7, 11) is 0. The average molecular weight is 302 g/mol. The van der Waals surface area contributed by atoms with Crippen molar-refractivity contribution in [2.24, 2.45) is 23.7 Å². The van der Waals surface area contributed by atoms with E-state index in [1.165, 1.54) is 6.07 Å². The van der Waals surface area contributed by atoms with Crippen molar-refractivity contribution in [2.75, 3.05) is 4.90 Å². The largest absolute Gasteiger partial charge is 0.306 e. The Kier molecular flexibility index (Phi) is 2.52. The van der Waals surface area contributed by atoms with Crippen LogP contribution in [0.5, 0.6) is 0 Å². The number of imide groups is 1. The number of nitrogens with zero attached hydrogens (tertiary/aromatic N) is 2. The van der Waals surface area contributed by atoms with Crippen molar-refractivity contribution in [1.82, 2.24) is 0 Å². The fraction of sp³-hybridized carbons (Fsp3) is 0.333. The third kappa shape index (κ3) is 1.53. The van der Waals surface area contributed by atoms with Crippen LogP contribution in [-0.2, 0) is 9.59 Å². The highest BCUT2D eigenvalue weighted by atomic mass is 19.1. The summed E-state index contributed by atoms with van der Waals surface area (Å²) in [6, 6.07) is 3.09. The molecule has 2 aliphatic carbocycles. The van der Waals surface area contributed by atoms with Crippen LogP contribution in [0.4, 0.5) is 15.8 Å². The summed E-state index contributed by atoms with van der Waals surface area (Å²) >= 11 is 0. The van der Waals surface area contributed by atoms with Crippen LogP contribution in [0.25, 0.3) is 0 Å². The first-order chi connectivity index (χ1) is 10.5. The number of anilines is 1. The van der Waals surface area contributed by atoms with Crippen LogP contribution in [0.2, 0.25) is 0 Å².